The second-order valence-corrected chi connectivity index (χ2v) is 10.3. The van der Waals surface area contributed by atoms with Crippen molar-refractivity contribution in [1.82, 2.24) is 14.7 Å². The van der Waals surface area contributed by atoms with E-state index in [2.05, 4.69) is 15.9 Å². The number of carboxylic acid groups (broad SMARTS) is 1. The van der Waals surface area contributed by atoms with Gasteiger partial charge in [-0.25, -0.2) is 4.79 Å². The SMILES string of the molecule is O=C(O)N1CCC2(CC1)N=C(c1ccc(Br)cc1)N(CC1CCN(C(=O)C3CC3)C1)C2=O. The first-order valence-corrected chi connectivity index (χ1v) is 12.1. The molecule has 1 aliphatic carbocycles. The second kappa shape index (κ2) is 8.17. The molecule has 3 heterocycles. The van der Waals surface area contributed by atoms with E-state index in [1.807, 2.05) is 29.2 Å². The number of amidine groups is 1. The number of benzene rings is 1. The summed E-state index contributed by atoms with van der Waals surface area (Å²) >= 11 is 3.46. The number of carbonyl (C=O) groups is 3. The van der Waals surface area contributed by atoms with Gasteiger partial charge in [0.15, 0.2) is 0 Å². The highest BCUT2D eigenvalue weighted by Crippen LogP contribution is 2.37. The predicted molar refractivity (Wildman–Crippen MR) is 121 cm³/mol. The van der Waals surface area contributed by atoms with Crippen molar-refractivity contribution >= 4 is 39.7 Å². The molecule has 1 atom stereocenters. The molecule has 3 aliphatic heterocycles. The van der Waals surface area contributed by atoms with Crippen molar-refractivity contribution < 1.29 is 19.5 Å². The lowest BCUT2D eigenvalue weighted by atomic mass is 9.87. The Kier molecular flexibility index (Phi) is 5.47. The molecular weight excluding hydrogens is 476 g/mol. The van der Waals surface area contributed by atoms with Crippen molar-refractivity contribution in [3.05, 3.63) is 34.3 Å². The molecule has 3 amide bonds. The van der Waals surface area contributed by atoms with Crippen molar-refractivity contribution in [2.45, 2.75) is 37.6 Å². The lowest BCUT2D eigenvalue weighted by Crippen LogP contribution is -2.51. The molecule has 0 radical (unpaired) electrons. The summed E-state index contributed by atoms with van der Waals surface area (Å²) in [4.78, 5) is 47.6. The number of hydrogen-bond acceptors (Lipinski definition) is 4. The van der Waals surface area contributed by atoms with E-state index >= 15 is 0 Å². The van der Waals surface area contributed by atoms with Gasteiger partial charge < -0.3 is 14.9 Å². The van der Waals surface area contributed by atoms with Crippen LogP contribution in [0.25, 0.3) is 0 Å². The number of hydrogen-bond donors (Lipinski definition) is 1. The van der Waals surface area contributed by atoms with Crippen LogP contribution in [0.1, 0.15) is 37.7 Å². The number of likely N-dealkylation sites (tertiary alicyclic amines) is 2. The molecule has 9 heteroatoms. The first-order chi connectivity index (χ1) is 15.4. The van der Waals surface area contributed by atoms with Crippen LogP contribution in [-0.4, -0.2) is 81.8 Å². The van der Waals surface area contributed by atoms with E-state index in [-0.39, 0.29) is 23.7 Å². The summed E-state index contributed by atoms with van der Waals surface area (Å²) < 4.78 is 0.951. The molecule has 170 valence electrons. The molecule has 3 fully saturated rings. The van der Waals surface area contributed by atoms with Gasteiger partial charge in [-0.15, -0.1) is 0 Å². The van der Waals surface area contributed by atoms with E-state index in [0.717, 1.165) is 35.8 Å². The summed E-state index contributed by atoms with van der Waals surface area (Å²) in [7, 11) is 0. The van der Waals surface area contributed by atoms with Gasteiger partial charge in [-0.1, -0.05) is 28.1 Å². The molecule has 1 N–H and O–H groups in total. The molecule has 0 aromatic heterocycles. The van der Waals surface area contributed by atoms with Gasteiger partial charge in [0, 0.05) is 48.7 Å². The fourth-order valence-electron chi connectivity index (χ4n) is 5.07. The van der Waals surface area contributed by atoms with E-state index in [9.17, 15) is 19.5 Å². The van der Waals surface area contributed by atoms with Crippen molar-refractivity contribution in [3.63, 3.8) is 0 Å². The average molecular weight is 503 g/mol. The summed E-state index contributed by atoms with van der Waals surface area (Å²) in [5.41, 5.74) is -0.0146. The van der Waals surface area contributed by atoms with E-state index in [1.54, 1.807) is 4.90 Å². The van der Waals surface area contributed by atoms with Crippen LogP contribution in [0.4, 0.5) is 4.79 Å². The normalized spacial score (nSPS) is 24.9. The Balaban J connectivity index is 1.37. The molecule has 1 aromatic rings. The van der Waals surface area contributed by atoms with Gasteiger partial charge in [0.05, 0.1) is 0 Å². The second-order valence-electron chi connectivity index (χ2n) is 9.37. The molecule has 2 saturated heterocycles. The maximum absolute atomic E-state index is 13.7. The standard InChI is InChI=1S/C23H27BrN4O4/c24-18-5-3-16(4-6-18)19-25-23(8-11-26(12-9-23)22(31)32)21(30)28(19)14-15-7-10-27(13-15)20(29)17-1-2-17/h3-6,15,17H,1-2,7-14H2,(H,31,32). The van der Waals surface area contributed by atoms with E-state index in [1.165, 1.54) is 4.90 Å². The number of piperidine rings is 1. The number of rotatable bonds is 4. The largest absolute Gasteiger partial charge is 0.465 e. The van der Waals surface area contributed by atoms with Gasteiger partial charge in [0.25, 0.3) is 5.91 Å². The summed E-state index contributed by atoms with van der Waals surface area (Å²) in [6.07, 6.45) is 2.72. The molecule has 4 aliphatic rings. The third-order valence-electron chi connectivity index (χ3n) is 7.15. The minimum atomic E-state index is -0.953. The van der Waals surface area contributed by atoms with Gasteiger partial charge in [0.2, 0.25) is 5.91 Å². The van der Waals surface area contributed by atoms with Gasteiger partial charge in [-0.3, -0.25) is 19.5 Å². The molecule has 1 spiro atoms. The zero-order valence-corrected chi connectivity index (χ0v) is 19.5. The van der Waals surface area contributed by atoms with Crippen molar-refractivity contribution in [3.8, 4) is 0 Å². The van der Waals surface area contributed by atoms with E-state index in [4.69, 9.17) is 4.99 Å². The molecule has 5 rings (SSSR count). The Morgan fingerprint density at radius 2 is 1.75 bits per heavy atom. The van der Waals surface area contributed by atoms with Crippen LogP contribution in [0.3, 0.4) is 0 Å². The Morgan fingerprint density at radius 1 is 1.06 bits per heavy atom. The summed E-state index contributed by atoms with van der Waals surface area (Å²) in [5.74, 6) is 1.33. The average Bonchev–Trinajstić information content (AvgIpc) is 3.48. The fraction of sp³-hybridized carbons (Fsp3) is 0.565. The molecule has 1 saturated carbocycles. The maximum atomic E-state index is 13.7. The van der Waals surface area contributed by atoms with Crippen molar-refractivity contribution in [2.24, 2.45) is 16.8 Å². The van der Waals surface area contributed by atoms with Crippen LogP contribution >= 0.6 is 15.9 Å². The topological polar surface area (TPSA) is 93.5 Å². The number of amides is 3. The summed E-state index contributed by atoms with van der Waals surface area (Å²) in [5, 5.41) is 9.30. The van der Waals surface area contributed by atoms with Crippen molar-refractivity contribution in [2.75, 3.05) is 32.7 Å². The highest BCUT2D eigenvalue weighted by Gasteiger charge is 2.51. The molecule has 1 unspecified atom stereocenters. The third kappa shape index (κ3) is 3.91. The Bertz CT molecular complexity index is 967. The molecular formula is C23H27BrN4O4. The number of halogens is 1. The fourth-order valence-corrected chi connectivity index (χ4v) is 5.33. The van der Waals surface area contributed by atoms with E-state index in [0.29, 0.717) is 44.9 Å². The van der Waals surface area contributed by atoms with E-state index < -0.39 is 11.6 Å². The minimum absolute atomic E-state index is 0.0348. The Labute approximate surface area is 195 Å². The van der Waals surface area contributed by atoms with Gasteiger partial charge >= 0.3 is 6.09 Å². The van der Waals surface area contributed by atoms with Crippen molar-refractivity contribution in [1.29, 1.82) is 0 Å². The van der Waals surface area contributed by atoms with Crippen LogP contribution in [-0.2, 0) is 9.59 Å². The minimum Gasteiger partial charge on any atom is -0.465 e. The predicted octanol–water partition coefficient (Wildman–Crippen LogP) is 2.81. The van der Waals surface area contributed by atoms with Crippen LogP contribution in [0, 0.1) is 11.8 Å². The molecule has 1 aromatic carbocycles. The van der Waals surface area contributed by atoms with Gasteiger partial charge in [0.1, 0.15) is 11.4 Å². The monoisotopic (exact) mass is 502 g/mol. The Morgan fingerprint density at radius 3 is 2.38 bits per heavy atom. The van der Waals surface area contributed by atoms with Crippen LogP contribution in [0.5, 0.6) is 0 Å². The summed E-state index contributed by atoms with van der Waals surface area (Å²) in [6, 6.07) is 7.77. The smallest absolute Gasteiger partial charge is 0.407 e. The number of carbonyl (C=O) groups excluding carboxylic acids is 2. The molecule has 32 heavy (non-hydrogen) atoms. The zero-order valence-electron chi connectivity index (χ0n) is 17.9. The first kappa shape index (κ1) is 21.4. The zero-order chi connectivity index (χ0) is 22.5. The lowest BCUT2D eigenvalue weighted by Gasteiger charge is -2.35. The quantitative estimate of drug-likeness (QED) is 0.684. The number of aliphatic imine (C=N–C) groups is 1. The van der Waals surface area contributed by atoms with Gasteiger partial charge in [-0.2, -0.15) is 0 Å². The third-order valence-corrected chi connectivity index (χ3v) is 7.68. The first-order valence-electron chi connectivity index (χ1n) is 11.3. The number of nitrogens with zero attached hydrogens (tertiary/aromatic N) is 4. The lowest BCUT2D eigenvalue weighted by molar-refractivity contribution is -0.133. The Hall–Kier alpha value is -2.42. The highest BCUT2D eigenvalue weighted by molar-refractivity contribution is 9.10. The van der Waals surface area contributed by atoms with Crippen LogP contribution in [0.15, 0.2) is 33.7 Å². The highest BCUT2D eigenvalue weighted by atomic mass is 79.9. The van der Waals surface area contributed by atoms with Crippen LogP contribution < -0.4 is 0 Å². The molecule has 0 bridgehead atoms. The molecule has 8 nitrogen and oxygen atoms in total. The maximum Gasteiger partial charge on any atom is 0.407 e. The van der Waals surface area contributed by atoms with Gasteiger partial charge in [-0.05, 0) is 50.2 Å². The summed E-state index contributed by atoms with van der Waals surface area (Å²) in [6.45, 7) is 2.59. The van der Waals surface area contributed by atoms with Crippen LogP contribution in [0.2, 0.25) is 0 Å².